The van der Waals surface area contributed by atoms with Crippen molar-refractivity contribution in [2.45, 2.75) is 12.8 Å². The molecule has 110 valence electrons. The minimum absolute atomic E-state index is 0.0145. The topological polar surface area (TPSA) is 71.2 Å². The molecule has 0 saturated heterocycles. The molecule has 0 aliphatic carbocycles. The fourth-order valence-electron chi connectivity index (χ4n) is 2.61. The number of rotatable bonds is 2. The molecule has 6 heteroatoms. The summed E-state index contributed by atoms with van der Waals surface area (Å²) >= 11 is 1.31. The number of hydrogen-bond acceptors (Lipinski definition) is 5. The van der Waals surface area contributed by atoms with E-state index in [4.69, 9.17) is 5.73 Å². The van der Waals surface area contributed by atoms with Gasteiger partial charge >= 0.3 is 0 Å². The molecule has 2 heterocycles. The second-order valence-corrected chi connectivity index (χ2v) is 6.04. The number of nitrogens with zero attached hydrogens (tertiary/aromatic N) is 2. The number of thiazole rings is 1. The van der Waals surface area contributed by atoms with Crippen LogP contribution in [-0.2, 0) is 12.8 Å². The first kappa shape index (κ1) is 13.9. The zero-order valence-electron chi connectivity index (χ0n) is 11.9. The second kappa shape index (κ2) is 5.73. The van der Waals surface area contributed by atoms with Crippen LogP contribution in [-0.4, -0.2) is 35.9 Å². The van der Waals surface area contributed by atoms with Gasteiger partial charge in [0.05, 0.1) is 0 Å². The molecule has 0 radical (unpaired) electrons. The summed E-state index contributed by atoms with van der Waals surface area (Å²) in [5.41, 5.74) is 8.53. The highest BCUT2D eigenvalue weighted by Gasteiger charge is 2.23. The van der Waals surface area contributed by atoms with E-state index in [9.17, 15) is 4.79 Å². The minimum atomic E-state index is -0.0145. The van der Waals surface area contributed by atoms with Crippen molar-refractivity contribution in [3.8, 4) is 0 Å². The normalized spacial score (nSPS) is 14.4. The lowest BCUT2D eigenvalue weighted by molar-refractivity contribution is 0.0768. The lowest BCUT2D eigenvalue weighted by Gasteiger charge is -2.19. The highest BCUT2D eigenvalue weighted by Crippen LogP contribution is 2.27. The van der Waals surface area contributed by atoms with Crippen LogP contribution in [0.3, 0.4) is 0 Å². The number of nitrogens with two attached hydrogens (primary N) is 1. The molecule has 5 nitrogen and oxygen atoms in total. The van der Waals surface area contributed by atoms with E-state index in [2.05, 4.69) is 34.6 Å². The van der Waals surface area contributed by atoms with E-state index >= 15 is 0 Å². The Morgan fingerprint density at radius 1 is 1.29 bits per heavy atom. The first-order valence-corrected chi connectivity index (χ1v) is 7.81. The molecule has 1 aliphatic heterocycles. The van der Waals surface area contributed by atoms with Crippen molar-refractivity contribution < 1.29 is 4.79 Å². The Morgan fingerprint density at radius 3 is 2.43 bits per heavy atom. The molecule has 1 aliphatic rings. The van der Waals surface area contributed by atoms with E-state index in [0.717, 1.165) is 25.9 Å². The number of anilines is 2. The number of aromatic nitrogens is 1. The third-order valence-corrected chi connectivity index (χ3v) is 4.85. The highest BCUT2D eigenvalue weighted by atomic mass is 32.1. The van der Waals surface area contributed by atoms with Gasteiger partial charge in [0.2, 0.25) is 0 Å². The second-order valence-electron chi connectivity index (χ2n) is 5.04. The average Bonchev–Trinajstić information content (AvgIpc) is 2.75. The highest BCUT2D eigenvalue weighted by molar-refractivity contribution is 7.18. The van der Waals surface area contributed by atoms with Crippen LogP contribution in [0.2, 0.25) is 0 Å². The fraction of sp³-hybridized carbons (Fsp3) is 0.333. The van der Waals surface area contributed by atoms with Crippen LogP contribution in [0.4, 0.5) is 10.9 Å². The molecule has 1 aromatic heterocycles. The van der Waals surface area contributed by atoms with Gasteiger partial charge in [0, 0.05) is 20.1 Å². The zero-order chi connectivity index (χ0) is 14.8. The van der Waals surface area contributed by atoms with Crippen LogP contribution >= 0.6 is 11.3 Å². The number of hydrogen-bond donors (Lipinski definition) is 2. The van der Waals surface area contributed by atoms with Gasteiger partial charge in [-0.1, -0.05) is 35.6 Å². The van der Waals surface area contributed by atoms with Gasteiger partial charge in [-0.3, -0.25) is 4.79 Å². The van der Waals surface area contributed by atoms with Crippen LogP contribution in [0.1, 0.15) is 20.8 Å². The quantitative estimate of drug-likeness (QED) is 0.890. The lowest BCUT2D eigenvalue weighted by Crippen LogP contribution is -2.33. The first-order valence-electron chi connectivity index (χ1n) is 6.99. The molecule has 1 amide bonds. The van der Waals surface area contributed by atoms with Crippen LogP contribution in [0.15, 0.2) is 24.3 Å². The van der Waals surface area contributed by atoms with Gasteiger partial charge < -0.3 is 16.0 Å². The van der Waals surface area contributed by atoms with Crippen LogP contribution < -0.4 is 11.1 Å². The summed E-state index contributed by atoms with van der Waals surface area (Å²) in [5.74, 6) is 0.301. The number of nitrogen functional groups attached to an aromatic ring is 1. The van der Waals surface area contributed by atoms with Crippen molar-refractivity contribution in [2.75, 3.05) is 31.2 Å². The van der Waals surface area contributed by atoms with Gasteiger partial charge in [-0.15, -0.1) is 0 Å². The summed E-state index contributed by atoms with van der Waals surface area (Å²) in [7, 11) is 1.77. The van der Waals surface area contributed by atoms with Crippen LogP contribution in [0.5, 0.6) is 0 Å². The van der Waals surface area contributed by atoms with E-state index in [1.807, 2.05) is 4.90 Å². The van der Waals surface area contributed by atoms with E-state index in [-0.39, 0.29) is 5.91 Å². The molecule has 0 bridgehead atoms. The fourth-order valence-corrected chi connectivity index (χ4v) is 3.41. The van der Waals surface area contributed by atoms with Gasteiger partial charge in [-0.2, -0.15) is 0 Å². The van der Waals surface area contributed by atoms with E-state index < -0.39 is 0 Å². The first-order chi connectivity index (χ1) is 10.2. The van der Waals surface area contributed by atoms with Crippen molar-refractivity contribution in [2.24, 2.45) is 0 Å². The summed E-state index contributed by atoms with van der Waals surface area (Å²) < 4.78 is 0. The van der Waals surface area contributed by atoms with E-state index in [1.165, 1.54) is 22.5 Å². The van der Waals surface area contributed by atoms with Gasteiger partial charge in [0.15, 0.2) is 5.13 Å². The Labute approximate surface area is 127 Å². The number of amides is 1. The monoisotopic (exact) mass is 302 g/mol. The summed E-state index contributed by atoms with van der Waals surface area (Å²) in [6.45, 7) is 1.45. The van der Waals surface area contributed by atoms with Crippen molar-refractivity contribution in [1.29, 1.82) is 0 Å². The van der Waals surface area contributed by atoms with Crippen molar-refractivity contribution in [3.05, 3.63) is 40.3 Å². The van der Waals surface area contributed by atoms with Crippen LogP contribution in [0, 0.1) is 0 Å². The predicted octanol–water partition coefficient (Wildman–Crippen LogP) is 2.01. The molecule has 0 fully saturated rings. The Balaban J connectivity index is 1.79. The third kappa shape index (κ3) is 2.71. The van der Waals surface area contributed by atoms with E-state index in [1.54, 1.807) is 7.05 Å². The molecule has 3 rings (SSSR count). The third-order valence-electron chi connectivity index (χ3n) is 3.77. The Kier molecular flexibility index (Phi) is 3.79. The SMILES string of the molecule is CNc1nc(N)c(C(=O)N2CCc3ccccc3CC2)s1. The molecular weight excluding hydrogens is 284 g/mol. The smallest absolute Gasteiger partial charge is 0.267 e. The molecular formula is C15H18N4OS. The molecule has 0 atom stereocenters. The Morgan fingerprint density at radius 2 is 1.90 bits per heavy atom. The minimum Gasteiger partial charge on any atom is -0.382 e. The number of fused-ring (bicyclic) bond motifs is 1. The maximum Gasteiger partial charge on any atom is 0.267 e. The maximum atomic E-state index is 12.6. The van der Waals surface area contributed by atoms with Gasteiger partial charge in [0.25, 0.3) is 5.91 Å². The van der Waals surface area contributed by atoms with Gasteiger partial charge in [-0.05, 0) is 24.0 Å². The van der Waals surface area contributed by atoms with Gasteiger partial charge in [0.1, 0.15) is 10.7 Å². The van der Waals surface area contributed by atoms with Gasteiger partial charge in [-0.25, -0.2) is 4.98 Å². The summed E-state index contributed by atoms with van der Waals surface area (Å²) in [5, 5.41) is 3.60. The number of benzene rings is 1. The summed E-state index contributed by atoms with van der Waals surface area (Å²) in [6, 6.07) is 8.39. The zero-order valence-corrected chi connectivity index (χ0v) is 12.7. The lowest BCUT2D eigenvalue weighted by atomic mass is 10.0. The molecule has 1 aromatic carbocycles. The summed E-state index contributed by atoms with van der Waals surface area (Å²) in [6.07, 6.45) is 1.78. The van der Waals surface area contributed by atoms with Crippen molar-refractivity contribution >= 4 is 28.2 Å². The number of carbonyl (C=O) groups is 1. The molecule has 21 heavy (non-hydrogen) atoms. The largest absolute Gasteiger partial charge is 0.382 e. The molecule has 0 unspecified atom stereocenters. The van der Waals surface area contributed by atoms with Crippen molar-refractivity contribution in [1.82, 2.24) is 9.88 Å². The van der Waals surface area contributed by atoms with Crippen LogP contribution in [0.25, 0.3) is 0 Å². The summed E-state index contributed by atoms with van der Waals surface area (Å²) in [4.78, 5) is 19.2. The Bertz CT molecular complexity index is 640. The standard InChI is InChI=1S/C15H18N4OS/c1-17-15-18-13(16)12(21-15)14(20)19-8-6-10-4-2-3-5-11(10)7-9-19/h2-5H,6-9,16H2,1H3,(H,17,18). The number of nitrogens with one attached hydrogen (secondary N) is 1. The number of carbonyl (C=O) groups excluding carboxylic acids is 1. The predicted molar refractivity (Wildman–Crippen MR) is 85.8 cm³/mol. The molecule has 0 spiro atoms. The molecule has 0 saturated carbocycles. The average molecular weight is 302 g/mol. The Hall–Kier alpha value is -2.08. The molecule has 2 aromatic rings. The van der Waals surface area contributed by atoms with Crippen molar-refractivity contribution in [3.63, 3.8) is 0 Å². The van der Waals surface area contributed by atoms with E-state index in [0.29, 0.717) is 15.8 Å². The maximum absolute atomic E-state index is 12.6. The molecule has 3 N–H and O–H groups in total.